The number of carbonyl (C=O) groups excluding carboxylic acids is 1. The fraction of sp³-hybridized carbons (Fsp3) is 0.235. The van der Waals surface area contributed by atoms with Crippen LogP contribution in [-0.2, 0) is 4.79 Å². The summed E-state index contributed by atoms with van der Waals surface area (Å²) in [6.45, 7) is 2.96. The average molecular weight is 364 g/mol. The summed E-state index contributed by atoms with van der Waals surface area (Å²) in [6.07, 6.45) is 3.13. The Bertz CT molecular complexity index is 663. The Kier molecular flexibility index (Phi) is 5.83. The molecule has 0 unspecified atom stereocenters. The minimum atomic E-state index is -0.0964. The Morgan fingerprint density at radius 3 is 2.77 bits per heavy atom. The van der Waals surface area contributed by atoms with Crippen molar-refractivity contribution in [3.8, 4) is 5.75 Å². The SMILES string of the molecule is Cc1ccccc1OCCN(C)C(=O)C=Cc1ccc(Br)o1. The van der Waals surface area contributed by atoms with Crippen LogP contribution in [0.4, 0.5) is 0 Å². The smallest absolute Gasteiger partial charge is 0.246 e. The summed E-state index contributed by atoms with van der Waals surface area (Å²) in [5, 5.41) is 0. The standard InChI is InChI=1S/C17H18BrNO3/c1-13-5-3-4-6-15(13)21-12-11-19(2)17(20)10-8-14-7-9-16(18)22-14/h3-10H,11-12H2,1-2H3. The van der Waals surface area contributed by atoms with Gasteiger partial charge in [0.1, 0.15) is 18.1 Å². The molecule has 0 aliphatic carbocycles. The van der Waals surface area contributed by atoms with Crippen molar-refractivity contribution in [1.29, 1.82) is 0 Å². The predicted molar refractivity (Wildman–Crippen MR) is 89.8 cm³/mol. The monoisotopic (exact) mass is 363 g/mol. The first kappa shape index (κ1) is 16.4. The number of likely N-dealkylation sites (N-methyl/N-ethyl adjacent to an activating group) is 1. The van der Waals surface area contributed by atoms with Crippen LogP contribution in [-0.4, -0.2) is 31.0 Å². The topological polar surface area (TPSA) is 42.7 Å². The third-order valence-corrected chi connectivity index (χ3v) is 3.56. The molecule has 2 aromatic rings. The molecule has 1 heterocycles. The molecule has 116 valence electrons. The normalized spacial score (nSPS) is 10.9. The van der Waals surface area contributed by atoms with Crippen LogP contribution < -0.4 is 4.74 Å². The third-order valence-electron chi connectivity index (χ3n) is 3.14. The molecule has 22 heavy (non-hydrogen) atoms. The number of ether oxygens (including phenoxy) is 1. The van der Waals surface area contributed by atoms with Crippen molar-refractivity contribution in [3.63, 3.8) is 0 Å². The van der Waals surface area contributed by atoms with E-state index in [0.29, 0.717) is 23.6 Å². The number of halogens is 1. The molecule has 0 fully saturated rings. The Hall–Kier alpha value is -2.01. The van der Waals surface area contributed by atoms with Gasteiger partial charge in [0.05, 0.1) is 6.54 Å². The van der Waals surface area contributed by atoms with Crippen molar-refractivity contribution in [2.75, 3.05) is 20.2 Å². The summed E-state index contributed by atoms with van der Waals surface area (Å²) >= 11 is 3.22. The van der Waals surface area contributed by atoms with Gasteiger partial charge in [-0.2, -0.15) is 0 Å². The van der Waals surface area contributed by atoms with Crippen LogP contribution in [0.15, 0.2) is 51.6 Å². The van der Waals surface area contributed by atoms with Gasteiger partial charge in [0.25, 0.3) is 0 Å². The highest BCUT2D eigenvalue weighted by molar-refractivity contribution is 9.10. The summed E-state index contributed by atoms with van der Waals surface area (Å²) in [4.78, 5) is 13.6. The maximum Gasteiger partial charge on any atom is 0.246 e. The lowest BCUT2D eigenvalue weighted by Gasteiger charge is -2.16. The molecule has 0 N–H and O–H groups in total. The van der Waals surface area contributed by atoms with Crippen LogP contribution in [0.25, 0.3) is 6.08 Å². The van der Waals surface area contributed by atoms with Crippen LogP contribution in [0, 0.1) is 6.92 Å². The summed E-state index contributed by atoms with van der Waals surface area (Å²) in [6, 6.07) is 11.4. The quantitative estimate of drug-likeness (QED) is 0.730. The zero-order chi connectivity index (χ0) is 15.9. The number of furan rings is 1. The van der Waals surface area contributed by atoms with Gasteiger partial charge >= 0.3 is 0 Å². The van der Waals surface area contributed by atoms with E-state index >= 15 is 0 Å². The van der Waals surface area contributed by atoms with Gasteiger partial charge in [-0.1, -0.05) is 18.2 Å². The minimum Gasteiger partial charge on any atom is -0.491 e. The van der Waals surface area contributed by atoms with Crippen LogP contribution in [0.5, 0.6) is 5.75 Å². The van der Waals surface area contributed by atoms with Gasteiger partial charge in [-0.05, 0) is 52.7 Å². The third kappa shape index (κ3) is 4.77. The highest BCUT2D eigenvalue weighted by Crippen LogP contribution is 2.16. The lowest BCUT2D eigenvalue weighted by atomic mass is 10.2. The van der Waals surface area contributed by atoms with E-state index in [0.717, 1.165) is 11.3 Å². The Balaban J connectivity index is 1.79. The molecule has 0 saturated heterocycles. The molecule has 0 atom stereocenters. The van der Waals surface area contributed by atoms with Gasteiger partial charge in [-0.15, -0.1) is 0 Å². The fourth-order valence-corrected chi connectivity index (χ4v) is 2.14. The van der Waals surface area contributed by atoms with Crippen LogP contribution in [0.2, 0.25) is 0 Å². The Morgan fingerprint density at radius 1 is 1.32 bits per heavy atom. The molecule has 0 bridgehead atoms. The number of rotatable bonds is 6. The zero-order valence-electron chi connectivity index (χ0n) is 12.6. The first-order valence-electron chi connectivity index (χ1n) is 6.93. The molecule has 1 aromatic carbocycles. The summed E-state index contributed by atoms with van der Waals surface area (Å²) in [5.41, 5.74) is 1.08. The van der Waals surface area contributed by atoms with Crippen LogP contribution in [0.3, 0.4) is 0 Å². The van der Waals surface area contributed by atoms with Crippen LogP contribution >= 0.6 is 15.9 Å². The van der Waals surface area contributed by atoms with Crippen molar-refractivity contribution >= 4 is 27.9 Å². The van der Waals surface area contributed by atoms with E-state index in [9.17, 15) is 4.79 Å². The Morgan fingerprint density at radius 2 is 2.09 bits per heavy atom. The van der Waals surface area contributed by atoms with E-state index < -0.39 is 0 Å². The largest absolute Gasteiger partial charge is 0.491 e. The van der Waals surface area contributed by atoms with Crippen molar-refractivity contribution < 1.29 is 13.9 Å². The van der Waals surface area contributed by atoms with Gasteiger partial charge in [0.2, 0.25) is 5.91 Å². The van der Waals surface area contributed by atoms with Gasteiger partial charge < -0.3 is 14.1 Å². The second-order valence-corrected chi connectivity index (χ2v) is 5.63. The van der Waals surface area contributed by atoms with Crippen molar-refractivity contribution in [2.24, 2.45) is 0 Å². The minimum absolute atomic E-state index is 0.0964. The molecule has 0 aliphatic heterocycles. The highest BCUT2D eigenvalue weighted by atomic mass is 79.9. The Labute approximate surface area is 138 Å². The van der Waals surface area contributed by atoms with E-state index in [1.165, 1.54) is 6.08 Å². The van der Waals surface area contributed by atoms with E-state index in [4.69, 9.17) is 9.15 Å². The van der Waals surface area contributed by atoms with Gasteiger partial charge in [-0.3, -0.25) is 4.79 Å². The van der Waals surface area contributed by atoms with Crippen LogP contribution in [0.1, 0.15) is 11.3 Å². The maximum absolute atomic E-state index is 12.0. The summed E-state index contributed by atoms with van der Waals surface area (Å²) in [7, 11) is 1.74. The molecule has 0 saturated carbocycles. The van der Waals surface area contributed by atoms with Gasteiger partial charge in [-0.25, -0.2) is 0 Å². The molecule has 1 amide bonds. The van der Waals surface area contributed by atoms with Gasteiger partial charge in [0.15, 0.2) is 4.67 Å². The highest BCUT2D eigenvalue weighted by Gasteiger charge is 2.06. The van der Waals surface area contributed by atoms with E-state index in [2.05, 4.69) is 15.9 Å². The van der Waals surface area contributed by atoms with Gasteiger partial charge in [0, 0.05) is 13.1 Å². The molecule has 4 nitrogen and oxygen atoms in total. The molecule has 0 radical (unpaired) electrons. The number of carbonyl (C=O) groups is 1. The van der Waals surface area contributed by atoms with Crippen molar-refractivity contribution in [1.82, 2.24) is 4.90 Å². The summed E-state index contributed by atoms with van der Waals surface area (Å²) < 4.78 is 11.6. The molecule has 2 rings (SSSR count). The number of nitrogens with zero attached hydrogens (tertiary/aromatic N) is 1. The summed E-state index contributed by atoms with van der Waals surface area (Å²) in [5.74, 6) is 1.38. The first-order chi connectivity index (χ1) is 10.6. The van der Waals surface area contributed by atoms with Crippen molar-refractivity contribution in [3.05, 3.63) is 58.5 Å². The molecule has 5 heteroatoms. The zero-order valence-corrected chi connectivity index (χ0v) is 14.2. The lowest BCUT2D eigenvalue weighted by Crippen LogP contribution is -2.29. The van der Waals surface area contributed by atoms with Crippen molar-refractivity contribution in [2.45, 2.75) is 6.92 Å². The van der Waals surface area contributed by atoms with E-state index in [1.807, 2.05) is 31.2 Å². The van der Waals surface area contributed by atoms with E-state index in [-0.39, 0.29) is 5.91 Å². The number of para-hydroxylation sites is 1. The predicted octanol–water partition coefficient (Wildman–Crippen LogP) is 3.90. The second-order valence-electron chi connectivity index (χ2n) is 4.85. The fourth-order valence-electron chi connectivity index (χ4n) is 1.82. The average Bonchev–Trinajstić information content (AvgIpc) is 2.92. The number of hydrogen-bond donors (Lipinski definition) is 0. The lowest BCUT2D eigenvalue weighted by molar-refractivity contribution is -0.125. The molecule has 0 spiro atoms. The number of hydrogen-bond acceptors (Lipinski definition) is 3. The first-order valence-corrected chi connectivity index (χ1v) is 7.72. The number of benzene rings is 1. The number of amides is 1. The molecule has 0 aliphatic rings. The number of aryl methyl sites for hydroxylation is 1. The second kappa shape index (κ2) is 7.84. The molecule has 1 aromatic heterocycles. The molecular weight excluding hydrogens is 346 g/mol. The molecular formula is C17H18BrNO3. The maximum atomic E-state index is 12.0. The van der Waals surface area contributed by atoms with E-state index in [1.54, 1.807) is 30.2 Å².